The van der Waals surface area contributed by atoms with E-state index < -0.39 is 43.8 Å². The number of hydrogen-bond acceptors (Lipinski definition) is 9. The van der Waals surface area contributed by atoms with Gasteiger partial charge in [0.2, 0.25) is 27.7 Å². The van der Waals surface area contributed by atoms with Gasteiger partial charge in [0.15, 0.2) is 0 Å². The molecule has 3 atom stereocenters. The van der Waals surface area contributed by atoms with E-state index in [-0.39, 0.29) is 17.3 Å². The number of amides is 3. The van der Waals surface area contributed by atoms with Crippen molar-refractivity contribution in [2.45, 2.75) is 27.6 Å². The van der Waals surface area contributed by atoms with Gasteiger partial charge in [-0.05, 0) is 48.5 Å². The number of primary sulfonamides is 1. The van der Waals surface area contributed by atoms with Gasteiger partial charge < -0.3 is 9.73 Å². The molecule has 0 saturated carbocycles. The number of aromatic nitrogens is 1. The maximum atomic E-state index is 13.7. The number of anilines is 2. The molecule has 2 aliphatic heterocycles. The monoisotopic (exact) mass is 596 g/mol. The van der Waals surface area contributed by atoms with Crippen molar-refractivity contribution in [3.8, 4) is 0 Å². The fraction of sp³-hybridized carbons (Fsp3) is 0.154. The van der Waals surface area contributed by atoms with Crippen molar-refractivity contribution in [1.29, 1.82) is 0 Å². The molecule has 2 aromatic heterocycles. The van der Waals surface area contributed by atoms with Crippen molar-refractivity contribution in [2.75, 3.05) is 10.2 Å². The van der Waals surface area contributed by atoms with Gasteiger partial charge in [-0.2, -0.15) is 0 Å². The maximum absolute atomic E-state index is 13.7. The minimum Gasteiger partial charge on any atom is -0.469 e. The van der Waals surface area contributed by atoms with Crippen LogP contribution in [0.5, 0.6) is 0 Å². The fourth-order valence-corrected chi connectivity index (χ4v) is 8.20. The molecule has 1 fully saturated rings. The third kappa shape index (κ3) is 4.48. The molecular weight excluding hydrogens is 577 g/mol. The van der Waals surface area contributed by atoms with E-state index in [2.05, 4.69) is 5.32 Å². The molecule has 2 aliphatic rings. The predicted molar refractivity (Wildman–Crippen MR) is 148 cm³/mol. The molecule has 40 heavy (non-hydrogen) atoms. The molecule has 0 bridgehead atoms. The normalized spacial score (nSPS) is 20.3. The second kappa shape index (κ2) is 9.89. The molecule has 11 nitrogen and oxygen atoms in total. The standard InChI is InChI=1S/C26H20N4O7S3/c27-40(35,36)16-10-8-14(9-11-16)28-18(31)13-29-25-22(39-26(29)34)19(17-7-4-12-37-17)20-21(38-25)24(33)30(23(20)32)15-5-2-1-3-6-15/h1-12,19-21H,13H2,(H,28,31)(H2,27,35,36)/t19-,20-,21+/m0/s1. The number of rotatable bonds is 6. The van der Waals surface area contributed by atoms with Gasteiger partial charge in [0.05, 0.1) is 38.6 Å². The summed E-state index contributed by atoms with van der Waals surface area (Å²) in [7, 11) is -3.89. The lowest BCUT2D eigenvalue weighted by atomic mass is 9.87. The number of carbonyl (C=O) groups is 3. The van der Waals surface area contributed by atoms with Gasteiger partial charge in [0.25, 0.3) is 0 Å². The van der Waals surface area contributed by atoms with Gasteiger partial charge >= 0.3 is 4.87 Å². The van der Waals surface area contributed by atoms with Crippen LogP contribution in [0.3, 0.4) is 0 Å². The summed E-state index contributed by atoms with van der Waals surface area (Å²) < 4.78 is 29.9. The first-order valence-electron chi connectivity index (χ1n) is 11.9. The van der Waals surface area contributed by atoms with Crippen molar-refractivity contribution in [2.24, 2.45) is 11.1 Å². The van der Waals surface area contributed by atoms with Crippen LogP contribution in [0.2, 0.25) is 0 Å². The summed E-state index contributed by atoms with van der Waals surface area (Å²) in [5.74, 6) is -2.36. The largest absolute Gasteiger partial charge is 0.469 e. The molecule has 204 valence electrons. The van der Waals surface area contributed by atoms with E-state index in [4.69, 9.17) is 9.56 Å². The van der Waals surface area contributed by atoms with Crippen molar-refractivity contribution >= 4 is 62.2 Å². The van der Waals surface area contributed by atoms with E-state index in [1.807, 2.05) is 0 Å². The molecule has 1 saturated heterocycles. The Kier molecular flexibility index (Phi) is 6.49. The lowest BCUT2D eigenvalue weighted by molar-refractivity contribution is -0.122. The maximum Gasteiger partial charge on any atom is 0.308 e. The SMILES string of the molecule is NS(=O)(=O)c1ccc(NC(=O)Cn2c3c(sc2=O)[C@@H](c2ccco2)[C@@H]2C(=O)N(c4ccccc4)C(=O)[C@@H]2S3)cc1. The second-order valence-corrected chi connectivity index (χ2v) is 12.8. The van der Waals surface area contributed by atoms with Gasteiger partial charge in [-0.15, -0.1) is 0 Å². The van der Waals surface area contributed by atoms with Crippen LogP contribution in [-0.2, 0) is 31.0 Å². The summed E-state index contributed by atoms with van der Waals surface area (Å²) in [6.07, 6.45) is 1.47. The highest BCUT2D eigenvalue weighted by Gasteiger charge is 2.57. The number of sulfonamides is 1. The number of imide groups is 1. The highest BCUT2D eigenvalue weighted by atomic mass is 32.2. The van der Waals surface area contributed by atoms with Gasteiger partial charge in [-0.1, -0.05) is 41.3 Å². The van der Waals surface area contributed by atoms with Crippen molar-refractivity contribution < 1.29 is 27.2 Å². The van der Waals surface area contributed by atoms with E-state index >= 15 is 0 Å². The zero-order valence-corrected chi connectivity index (χ0v) is 22.9. The molecule has 0 aliphatic carbocycles. The van der Waals surface area contributed by atoms with Gasteiger partial charge in [-0.3, -0.25) is 23.7 Å². The van der Waals surface area contributed by atoms with Crippen molar-refractivity contribution in [3.05, 3.63) is 93.3 Å². The summed E-state index contributed by atoms with van der Waals surface area (Å²) in [5.41, 5.74) is 0.769. The summed E-state index contributed by atoms with van der Waals surface area (Å²) in [5, 5.41) is 7.34. The summed E-state index contributed by atoms with van der Waals surface area (Å²) in [4.78, 5) is 54.5. The Morgan fingerprint density at radius 2 is 1.70 bits per heavy atom. The van der Waals surface area contributed by atoms with Crippen molar-refractivity contribution in [3.63, 3.8) is 0 Å². The molecule has 14 heteroatoms. The molecule has 0 unspecified atom stereocenters. The molecule has 0 spiro atoms. The van der Waals surface area contributed by atoms with Crippen LogP contribution in [-0.4, -0.2) is 36.0 Å². The average Bonchev–Trinajstić information content (AvgIpc) is 3.62. The Bertz CT molecular complexity index is 1800. The van der Waals surface area contributed by atoms with Crippen LogP contribution in [0, 0.1) is 5.92 Å². The minimum atomic E-state index is -3.89. The van der Waals surface area contributed by atoms with Crippen LogP contribution in [0.25, 0.3) is 0 Å². The molecule has 4 aromatic rings. The summed E-state index contributed by atoms with van der Waals surface area (Å²) in [6.45, 7) is -0.360. The molecule has 6 rings (SSSR count). The second-order valence-electron chi connectivity index (χ2n) is 9.15. The third-order valence-electron chi connectivity index (χ3n) is 6.68. The van der Waals surface area contributed by atoms with E-state index in [9.17, 15) is 27.6 Å². The topological polar surface area (TPSA) is 162 Å². The fourth-order valence-electron chi connectivity index (χ4n) is 4.93. The van der Waals surface area contributed by atoms with Crippen LogP contribution in [0.15, 0.2) is 92.1 Å². The zero-order chi connectivity index (χ0) is 28.2. The highest BCUT2D eigenvalue weighted by molar-refractivity contribution is 8.00. The summed E-state index contributed by atoms with van der Waals surface area (Å²) >= 11 is 2.01. The Balaban J connectivity index is 1.34. The van der Waals surface area contributed by atoms with Crippen LogP contribution < -0.4 is 20.2 Å². The van der Waals surface area contributed by atoms with Crippen LogP contribution in [0.1, 0.15) is 16.6 Å². The summed E-state index contributed by atoms with van der Waals surface area (Å²) in [6, 6.07) is 17.3. The molecule has 0 radical (unpaired) electrons. The Hall–Kier alpha value is -3.98. The Morgan fingerprint density at radius 1 is 0.975 bits per heavy atom. The molecule has 3 amide bonds. The lowest BCUT2D eigenvalue weighted by Crippen LogP contribution is -2.32. The van der Waals surface area contributed by atoms with Crippen LogP contribution >= 0.6 is 23.1 Å². The number of hydrogen-bond donors (Lipinski definition) is 2. The van der Waals surface area contributed by atoms with Crippen molar-refractivity contribution in [1.82, 2.24) is 4.57 Å². The van der Waals surface area contributed by atoms with E-state index in [0.29, 0.717) is 27.0 Å². The Morgan fingerprint density at radius 3 is 2.35 bits per heavy atom. The van der Waals surface area contributed by atoms with Gasteiger partial charge in [0, 0.05) is 5.69 Å². The average molecular weight is 597 g/mol. The molecule has 3 N–H and O–H groups in total. The molecule has 4 heterocycles. The van der Waals surface area contributed by atoms with E-state index in [0.717, 1.165) is 23.1 Å². The number of para-hydroxylation sites is 1. The third-order valence-corrected chi connectivity index (χ3v) is 10.2. The zero-order valence-electron chi connectivity index (χ0n) is 20.4. The number of thiazole rings is 1. The molecular formula is C26H20N4O7S3. The number of nitrogens with two attached hydrogens (primary N) is 1. The first kappa shape index (κ1) is 26.3. The van der Waals surface area contributed by atoms with E-state index in [1.54, 1.807) is 42.5 Å². The number of carbonyl (C=O) groups excluding carboxylic acids is 3. The number of thioether (sulfide) groups is 1. The number of benzene rings is 2. The number of nitrogens with zero attached hydrogens (tertiary/aromatic N) is 2. The molecule has 2 aromatic carbocycles. The van der Waals surface area contributed by atoms with Gasteiger partial charge in [-0.25, -0.2) is 18.5 Å². The highest BCUT2D eigenvalue weighted by Crippen LogP contribution is 2.53. The van der Waals surface area contributed by atoms with E-state index in [1.165, 1.54) is 40.0 Å². The predicted octanol–water partition coefficient (Wildman–Crippen LogP) is 2.58. The lowest BCUT2D eigenvalue weighted by Gasteiger charge is -2.29. The quantitative estimate of drug-likeness (QED) is 0.321. The van der Waals surface area contributed by atoms with Gasteiger partial charge in [0.1, 0.15) is 17.6 Å². The number of fused-ring (bicyclic) bond motifs is 2. The number of nitrogens with one attached hydrogen (secondary N) is 1. The first-order valence-corrected chi connectivity index (χ1v) is 15.2. The Labute approximate surface area is 235 Å². The van der Waals surface area contributed by atoms with Crippen LogP contribution in [0.4, 0.5) is 11.4 Å². The first-order chi connectivity index (χ1) is 19.1. The minimum absolute atomic E-state index is 0.108. The number of furan rings is 1. The smallest absolute Gasteiger partial charge is 0.308 e.